The highest BCUT2D eigenvalue weighted by atomic mass is 32.2. The number of H-pyrrole nitrogens is 1. The predicted octanol–water partition coefficient (Wildman–Crippen LogP) is 0.863. The van der Waals surface area contributed by atoms with Crippen LogP contribution in [0.15, 0.2) is 29.1 Å². The van der Waals surface area contributed by atoms with Gasteiger partial charge in [0.25, 0.3) is 0 Å². The van der Waals surface area contributed by atoms with E-state index in [1.807, 2.05) is 24.3 Å². The smallest absolute Gasteiger partial charge is 0.326 e. The van der Waals surface area contributed by atoms with Gasteiger partial charge >= 0.3 is 11.7 Å². The minimum atomic E-state index is -3.01. The number of sulfone groups is 1. The van der Waals surface area contributed by atoms with Crippen molar-refractivity contribution in [3.63, 3.8) is 0 Å². The van der Waals surface area contributed by atoms with Crippen molar-refractivity contribution >= 4 is 26.9 Å². The van der Waals surface area contributed by atoms with Crippen molar-refractivity contribution < 1.29 is 13.2 Å². The first-order chi connectivity index (χ1) is 12.4. The number of aromatic amines is 1. The van der Waals surface area contributed by atoms with Crippen LogP contribution >= 0.6 is 0 Å². The highest BCUT2D eigenvalue weighted by Crippen LogP contribution is 2.25. The van der Waals surface area contributed by atoms with Crippen LogP contribution in [0.2, 0.25) is 0 Å². The first-order valence-corrected chi connectivity index (χ1v) is 10.7. The summed E-state index contributed by atoms with van der Waals surface area (Å²) in [5.41, 5.74) is 1.59. The van der Waals surface area contributed by atoms with E-state index < -0.39 is 9.84 Å². The highest BCUT2D eigenvalue weighted by Gasteiger charge is 2.31. The van der Waals surface area contributed by atoms with Gasteiger partial charge in [0.2, 0.25) is 0 Å². The first-order valence-electron chi connectivity index (χ1n) is 8.88. The number of para-hydroxylation sites is 2. The van der Waals surface area contributed by atoms with Crippen molar-refractivity contribution in [3.05, 3.63) is 34.7 Å². The summed E-state index contributed by atoms with van der Waals surface area (Å²) < 4.78 is 24.8. The van der Waals surface area contributed by atoms with Crippen LogP contribution in [0.1, 0.15) is 25.3 Å². The monoisotopic (exact) mass is 378 g/mol. The summed E-state index contributed by atoms with van der Waals surface area (Å²) in [7, 11) is -3.01. The molecule has 2 aromatic rings. The van der Waals surface area contributed by atoms with Gasteiger partial charge in [-0.2, -0.15) is 0 Å². The maximum Gasteiger partial charge on any atom is 0.326 e. The second-order valence-electron chi connectivity index (χ2n) is 7.08. The Morgan fingerprint density at radius 2 is 1.88 bits per heavy atom. The molecule has 0 radical (unpaired) electrons. The molecule has 1 unspecified atom stereocenters. The third-order valence-electron chi connectivity index (χ3n) is 5.30. The number of hydrogen-bond donors (Lipinski definition) is 2. The summed E-state index contributed by atoms with van der Waals surface area (Å²) in [5, 5.41) is 2.83. The van der Waals surface area contributed by atoms with E-state index in [9.17, 15) is 18.0 Å². The van der Waals surface area contributed by atoms with Crippen molar-refractivity contribution in [2.45, 2.75) is 31.3 Å². The lowest BCUT2D eigenvalue weighted by molar-refractivity contribution is 0.169. The quantitative estimate of drug-likeness (QED) is 0.809. The zero-order valence-electron chi connectivity index (χ0n) is 14.3. The Bertz CT molecular complexity index is 986. The molecule has 1 atom stereocenters. The van der Waals surface area contributed by atoms with Gasteiger partial charge in [0.05, 0.1) is 22.5 Å². The van der Waals surface area contributed by atoms with Crippen molar-refractivity contribution in [2.24, 2.45) is 0 Å². The average molecular weight is 378 g/mol. The number of carbonyl (C=O) groups is 1. The Morgan fingerprint density at radius 1 is 1.15 bits per heavy atom. The van der Waals surface area contributed by atoms with Gasteiger partial charge in [0, 0.05) is 25.2 Å². The minimum absolute atomic E-state index is 0.0277. The van der Waals surface area contributed by atoms with Gasteiger partial charge in [-0.3, -0.25) is 4.57 Å². The number of piperidine rings is 1. The number of rotatable bonds is 2. The largest absolute Gasteiger partial charge is 0.334 e. The van der Waals surface area contributed by atoms with Gasteiger partial charge in [0.15, 0.2) is 9.84 Å². The SMILES string of the molecule is O=C(NC1CCS(=O)(=O)C1)N1CCC(n2c(=O)[nH]c3ccccc32)CC1. The summed E-state index contributed by atoms with van der Waals surface area (Å²) in [6, 6.07) is 7.15. The molecule has 9 heteroatoms. The molecule has 0 saturated carbocycles. The molecule has 2 fully saturated rings. The lowest BCUT2D eigenvalue weighted by Gasteiger charge is -2.33. The molecular weight excluding hydrogens is 356 g/mol. The molecule has 2 amide bonds. The summed E-state index contributed by atoms with van der Waals surface area (Å²) in [5.74, 6) is 0.170. The van der Waals surface area contributed by atoms with Gasteiger partial charge in [0.1, 0.15) is 0 Å². The number of aromatic nitrogens is 2. The number of benzene rings is 1. The summed E-state index contributed by atoms with van der Waals surface area (Å²) in [4.78, 5) is 29.3. The standard InChI is InChI=1S/C17H22N4O4S/c22-16(18-12-7-10-26(24,25)11-12)20-8-5-13(6-9-20)21-15-4-2-1-3-14(15)19-17(21)23/h1-4,12-13H,5-11H2,(H,18,22)(H,19,23). The van der Waals surface area contributed by atoms with Gasteiger partial charge in [-0.25, -0.2) is 18.0 Å². The van der Waals surface area contributed by atoms with E-state index in [4.69, 9.17) is 0 Å². The summed E-state index contributed by atoms with van der Waals surface area (Å²) in [6.45, 7) is 1.09. The number of nitrogens with one attached hydrogen (secondary N) is 2. The number of nitrogens with zero attached hydrogens (tertiary/aromatic N) is 2. The maximum atomic E-state index is 12.4. The Hall–Kier alpha value is -2.29. The van der Waals surface area contributed by atoms with E-state index >= 15 is 0 Å². The molecule has 2 N–H and O–H groups in total. The molecule has 0 aliphatic carbocycles. The number of hydrogen-bond acceptors (Lipinski definition) is 4. The Balaban J connectivity index is 1.40. The third-order valence-corrected chi connectivity index (χ3v) is 7.07. The molecule has 2 aliphatic heterocycles. The molecule has 0 spiro atoms. The van der Waals surface area contributed by atoms with E-state index in [2.05, 4.69) is 10.3 Å². The van der Waals surface area contributed by atoms with Gasteiger partial charge in [-0.05, 0) is 31.4 Å². The molecule has 1 aromatic heterocycles. The van der Waals surface area contributed by atoms with Crippen LogP contribution in [-0.4, -0.2) is 59.5 Å². The molecular formula is C17H22N4O4S. The fourth-order valence-electron chi connectivity index (χ4n) is 3.94. The molecule has 8 nitrogen and oxygen atoms in total. The maximum absolute atomic E-state index is 12.4. The summed E-state index contributed by atoms with van der Waals surface area (Å²) in [6.07, 6.45) is 1.87. The van der Waals surface area contributed by atoms with Crippen LogP contribution < -0.4 is 11.0 Å². The molecule has 2 aliphatic rings. The number of carbonyl (C=O) groups excluding carboxylic acids is 1. The molecule has 0 bridgehead atoms. The molecule has 4 rings (SSSR count). The normalized spacial score (nSPS) is 23.4. The van der Waals surface area contributed by atoms with E-state index in [0.717, 1.165) is 11.0 Å². The minimum Gasteiger partial charge on any atom is -0.334 e. The Kier molecular flexibility index (Phi) is 4.26. The second-order valence-corrected chi connectivity index (χ2v) is 9.31. The molecule has 1 aromatic carbocycles. The zero-order chi connectivity index (χ0) is 18.3. The zero-order valence-corrected chi connectivity index (χ0v) is 15.2. The predicted molar refractivity (Wildman–Crippen MR) is 98.0 cm³/mol. The van der Waals surface area contributed by atoms with Crippen LogP contribution in [0.3, 0.4) is 0 Å². The lowest BCUT2D eigenvalue weighted by Crippen LogP contribution is -2.48. The molecule has 26 heavy (non-hydrogen) atoms. The first kappa shape index (κ1) is 17.1. The topological polar surface area (TPSA) is 104 Å². The number of amides is 2. The van der Waals surface area contributed by atoms with Crippen molar-refractivity contribution in [1.82, 2.24) is 19.8 Å². The van der Waals surface area contributed by atoms with Crippen LogP contribution in [-0.2, 0) is 9.84 Å². The van der Waals surface area contributed by atoms with Gasteiger partial charge < -0.3 is 15.2 Å². The van der Waals surface area contributed by atoms with E-state index in [1.54, 1.807) is 9.47 Å². The van der Waals surface area contributed by atoms with Crippen LogP contribution in [0.25, 0.3) is 11.0 Å². The fourth-order valence-corrected chi connectivity index (χ4v) is 5.61. The van der Waals surface area contributed by atoms with Crippen molar-refractivity contribution in [3.8, 4) is 0 Å². The van der Waals surface area contributed by atoms with Crippen LogP contribution in [0.4, 0.5) is 4.79 Å². The number of fused-ring (bicyclic) bond motifs is 1. The molecule has 3 heterocycles. The lowest BCUT2D eigenvalue weighted by atomic mass is 10.0. The van der Waals surface area contributed by atoms with Gasteiger partial charge in [-0.15, -0.1) is 0 Å². The van der Waals surface area contributed by atoms with E-state index in [-0.39, 0.29) is 35.3 Å². The molecule has 2 saturated heterocycles. The van der Waals surface area contributed by atoms with Gasteiger partial charge in [-0.1, -0.05) is 12.1 Å². The van der Waals surface area contributed by atoms with Crippen LogP contribution in [0.5, 0.6) is 0 Å². The second kappa shape index (κ2) is 6.46. The highest BCUT2D eigenvalue weighted by molar-refractivity contribution is 7.91. The van der Waals surface area contributed by atoms with E-state index in [1.165, 1.54) is 0 Å². The van der Waals surface area contributed by atoms with Crippen molar-refractivity contribution in [2.75, 3.05) is 24.6 Å². The van der Waals surface area contributed by atoms with Crippen LogP contribution in [0, 0.1) is 0 Å². The number of urea groups is 1. The number of likely N-dealkylation sites (tertiary alicyclic amines) is 1. The molecule has 140 valence electrons. The van der Waals surface area contributed by atoms with E-state index in [0.29, 0.717) is 32.4 Å². The fraction of sp³-hybridized carbons (Fsp3) is 0.529. The number of imidazole rings is 1. The Labute approximate surface area is 151 Å². The average Bonchev–Trinajstić information content (AvgIpc) is 3.13. The third kappa shape index (κ3) is 3.23. The Morgan fingerprint density at radius 3 is 2.58 bits per heavy atom. The van der Waals surface area contributed by atoms with Crippen molar-refractivity contribution in [1.29, 1.82) is 0 Å². The summed E-state index contributed by atoms with van der Waals surface area (Å²) >= 11 is 0.